The first-order valence-electron chi connectivity index (χ1n) is 6.28. The maximum atomic E-state index is 3.85. The average Bonchev–Trinajstić information content (AvgIpc) is 2.78. The van der Waals surface area contributed by atoms with E-state index in [1.165, 1.54) is 45.3 Å². The Morgan fingerprint density at radius 3 is 2.50 bits per heavy atom. The molecule has 2 rings (SSSR count). The number of nitrogens with zero attached hydrogens (tertiary/aromatic N) is 1. The van der Waals surface area contributed by atoms with Gasteiger partial charge >= 0.3 is 0 Å². The standard InChI is InChI=1S/C12H24N2/c1-3-14-8-10(2)12(9-14)13-11-6-4-5-7-11/h10-13H,3-9H2,1-2H3. The third-order valence-electron chi connectivity index (χ3n) is 3.94. The van der Waals surface area contributed by atoms with E-state index in [-0.39, 0.29) is 0 Å². The summed E-state index contributed by atoms with van der Waals surface area (Å²) >= 11 is 0. The second kappa shape index (κ2) is 4.63. The number of hydrogen-bond acceptors (Lipinski definition) is 2. The van der Waals surface area contributed by atoms with E-state index in [1.807, 2.05) is 0 Å². The van der Waals surface area contributed by atoms with Crippen LogP contribution in [0.25, 0.3) is 0 Å². The number of likely N-dealkylation sites (tertiary alicyclic amines) is 1. The highest BCUT2D eigenvalue weighted by Crippen LogP contribution is 2.22. The van der Waals surface area contributed by atoms with Crippen LogP contribution in [0.15, 0.2) is 0 Å². The molecular weight excluding hydrogens is 172 g/mol. The fourth-order valence-corrected chi connectivity index (χ4v) is 2.94. The van der Waals surface area contributed by atoms with Gasteiger partial charge < -0.3 is 10.2 Å². The molecule has 0 aromatic carbocycles. The number of nitrogens with one attached hydrogen (secondary N) is 1. The Balaban J connectivity index is 1.79. The minimum atomic E-state index is 0.762. The Labute approximate surface area is 88.1 Å². The third kappa shape index (κ3) is 2.29. The highest BCUT2D eigenvalue weighted by atomic mass is 15.2. The number of rotatable bonds is 3. The van der Waals surface area contributed by atoms with Gasteiger partial charge in [0.2, 0.25) is 0 Å². The van der Waals surface area contributed by atoms with Crippen LogP contribution >= 0.6 is 0 Å². The summed E-state index contributed by atoms with van der Waals surface area (Å²) in [6.45, 7) is 8.44. The van der Waals surface area contributed by atoms with Crippen LogP contribution in [0.5, 0.6) is 0 Å². The van der Waals surface area contributed by atoms with Crippen LogP contribution < -0.4 is 5.32 Å². The molecule has 0 aromatic heterocycles. The molecule has 0 radical (unpaired) electrons. The first-order valence-corrected chi connectivity index (χ1v) is 6.28. The molecule has 0 bridgehead atoms. The minimum absolute atomic E-state index is 0.762. The lowest BCUT2D eigenvalue weighted by Gasteiger charge is -2.21. The predicted octanol–water partition coefficient (Wildman–Crippen LogP) is 1.86. The van der Waals surface area contributed by atoms with Gasteiger partial charge in [-0.3, -0.25) is 0 Å². The molecule has 82 valence electrons. The molecule has 0 amide bonds. The quantitative estimate of drug-likeness (QED) is 0.741. The summed E-state index contributed by atoms with van der Waals surface area (Å²) in [6.07, 6.45) is 5.71. The monoisotopic (exact) mass is 196 g/mol. The second-order valence-corrected chi connectivity index (χ2v) is 5.08. The van der Waals surface area contributed by atoms with Gasteiger partial charge in [0.15, 0.2) is 0 Å². The Hall–Kier alpha value is -0.0800. The van der Waals surface area contributed by atoms with Gasteiger partial charge in [-0.25, -0.2) is 0 Å². The molecule has 2 atom stereocenters. The van der Waals surface area contributed by atoms with E-state index in [9.17, 15) is 0 Å². The average molecular weight is 196 g/mol. The zero-order valence-electron chi connectivity index (χ0n) is 9.63. The van der Waals surface area contributed by atoms with E-state index in [2.05, 4.69) is 24.1 Å². The lowest BCUT2D eigenvalue weighted by atomic mass is 10.1. The van der Waals surface area contributed by atoms with Crippen molar-refractivity contribution in [3.8, 4) is 0 Å². The van der Waals surface area contributed by atoms with E-state index < -0.39 is 0 Å². The summed E-state index contributed by atoms with van der Waals surface area (Å²) in [5.74, 6) is 0.843. The predicted molar refractivity (Wildman–Crippen MR) is 60.5 cm³/mol. The maximum Gasteiger partial charge on any atom is 0.0235 e. The lowest BCUT2D eigenvalue weighted by molar-refractivity contribution is 0.337. The first-order chi connectivity index (χ1) is 6.79. The van der Waals surface area contributed by atoms with Crippen molar-refractivity contribution in [2.75, 3.05) is 19.6 Å². The fraction of sp³-hybridized carbons (Fsp3) is 1.00. The highest BCUT2D eigenvalue weighted by molar-refractivity contribution is 4.89. The summed E-state index contributed by atoms with van der Waals surface area (Å²) < 4.78 is 0. The van der Waals surface area contributed by atoms with Gasteiger partial charge in [0, 0.05) is 25.2 Å². The van der Waals surface area contributed by atoms with E-state index in [0.717, 1.165) is 18.0 Å². The van der Waals surface area contributed by atoms with Crippen molar-refractivity contribution >= 4 is 0 Å². The third-order valence-corrected chi connectivity index (χ3v) is 3.94. The first kappa shape index (κ1) is 10.4. The summed E-state index contributed by atoms with van der Waals surface area (Å²) in [5, 5.41) is 3.85. The molecule has 2 aliphatic rings. The van der Waals surface area contributed by atoms with Crippen molar-refractivity contribution in [3.05, 3.63) is 0 Å². The molecule has 2 unspecified atom stereocenters. The van der Waals surface area contributed by atoms with E-state index in [1.54, 1.807) is 0 Å². The molecule has 0 aromatic rings. The molecule has 2 heteroatoms. The highest BCUT2D eigenvalue weighted by Gasteiger charge is 2.30. The summed E-state index contributed by atoms with van der Waals surface area (Å²) in [7, 11) is 0. The molecule has 2 nitrogen and oxygen atoms in total. The minimum Gasteiger partial charge on any atom is -0.310 e. The van der Waals surface area contributed by atoms with Crippen molar-refractivity contribution in [1.82, 2.24) is 10.2 Å². The molecular formula is C12H24N2. The Bertz CT molecular complexity index is 175. The van der Waals surface area contributed by atoms with Crippen molar-refractivity contribution < 1.29 is 0 Å². The van der Waals surface area contributed by atoms with Gasteiger partial charge in [-0.05, 0) is 25.3 Å². The number of hydrogen-bond donors (Lipinski definition) is 1. The van der Waals surface area contributed by atoms with Crippen LogP contribution in [-0.2, 0) is 0 Å². The van der Waals surface area contributed by atoms with E-state index in [0.29, 0.717) is 0 Å². The van der Waals surface area contributed by atoms with Crippen molar-refractivity contribution in [2.24, 2.45) is 5.92 Å². The van der Waals surface area contributed by atoms with Gasteiger partial charge in [-0.2, -0.15) is 0 Å². The topological polar surface area (TPSA) is 15.3 Å². The molecule has 1 N–H and O–H groups in total. The van der Waals surface area contributed by atoms with E-state index in [4.69, 9.17) is 0 Å². The van der Waals surface area contributed by atoms with Crippen LogP contribution in [0.2, 0.25) is 0 Å². The number of likely N-dealkylation sites (N-methyl/N-ethyl adjacent to an activating group) is 1. The summed E-state index contributed by atoms with van der Waals surface area (Å²) in [4.78, 5) is 2.57. The Kier molecular flexibility index (Phi) is 3.45. The molecule has 0 spiro atoms. The van der Waals surface area contributed by atoms with Crippen molar-refractivity contribution in [2.45, 2.75) is 51.6 Å². The lowest BCUT2D eigenvalue weighted by Crippen LogP contribution is -2.41. The van der Waals surface area contributed by atoms with Gasteiger partial charge in [-0.15, -0.1) is 0 Å². The van der Waals surface area contributed by atoms with E-state index >= 15 is 0 Å². The molecule has 1 aliphatic carbocycles. The normalized spacial score (nSPS) is 35.6. The fourth-order valence-electron chi connectivity index (χ4n) is 2.94. The van der Waals surface area contributed by atoms with Crippen LogP contribution in [0, 0.1) is 5.92 Å². The molecule has 1 saturated heterocycles. The smallest absolute Gasteiger partial charge is 0.0235 e. The molecule has 2 fully saturated rings. The molecule has 1 aliphatic heterocycles. The molecule has 1 saturated carbocycles. The maximum absolute atomic E-state index is 3.85. The zero-order valence-corrected chi connectivity index (χ0v) is 9.63. The van der Waals surface area contributed by atoms with Gasteiger partial charge in [0.1, 0.15) is 0 Å². The Morgan fingerprint density at radius 2 is 1.93 bits per heavy atom. The van der Waals surface area contributed by atoms with Crippen molar-refractivity contribution in [1.29, 1.82) is 0 Å². The zero-order chi connectivity index (χ0) is 9.97. The van der Waals surface area contributed by atoms with Gasteiger partial charge in [0.25, 0.3) is 0 Å². The summed E-state index contributed by atoms with van der Waals surface area (Å²) in [6, 6.07) is 1.59. The second-order valence-electron chi connectivity index (χ2n) is 5.08. The largest absolute Gasteiger partial charge is 0.310 e. The SMILES string of the molecule is CCN1CC(C)C(NC2CCCC2)C1. The summed E-state index contributed by atoms with van der Waals surface area (Å²) in [5.41, 5.74) is 0. The van der Waals surface area contributed by atoms with Crippen LogP contribution in [0.1, 0.15) is 39.5 Å². The van der Waals surface area contributed by atoms with Crippen LogP contribution in [0.3, 0.4) is 0 Å². The Morgan fingerprint density at radius 1 is 1.21 bits per heavy atom. The van der Waals surface area contributed by atoms with Gasteiger partial charge in [-0.1, -0.05) is 26.7 Å². The molecule has 1 heterocycles. The van der Waals surface area contributed by atoms with Crippen LogP contribution in [0.4, 0.5) is 0 Å². The van der Waals surface area contributed by atoms with Crippen molar-refractivity contribution in [3.63, 3.8) is 0 Å². The van der Waals surface area contributed by atoms with Gasteiger partial charge in [0.05, 0.1) is 0 Å². The van der Waals surface area contributed by atoms with Crippen LogP contribution in [-0.4, -0.2) is 36.6 Å². The molecule has 14 heavy (non-hydrogen) atoms.